The minimum Gasteiger partial charge on any atom is -0.356 e. The van der Waals surface area contributed by atoms with E-state index in [4.69, 9.17) is 0 Å². The van der Waals surface area contributed by atoms with E-state index in [-0.39, 0.29) is 5.91 Å². The van der Waals surface area contributed by atoms with Crippen molar-refractivity contribution in [3.63, 3.8) is 0 Å². The standard InChI is InChI=1S/C19H30N2O/c1-16(2)21-13-11-18(12-14-21)15-20-19(22)10-6-9-17-7-4-3-5-8-17/h3-5,7-8,16,18H,6,9-15H2,1-2H3,(H,20,22). The zero-order valence-corrected chi connectivity index (χ0v) is 14.1. The first-order valence-electron chi connectivity index (χ1n) is 8.70. The molecule has 1 aliphatic heterocycles. The SMILES string of the molecule is CC(C)N1CCC(CNC(=O)CCCc2ccccc2)CC1. The predicted molar refractivity (Wildman–Crippen MR) is 91.8 cm³/mol. The Kier molecular flexibility index (Phi) is 6.91. The number of nitrogens with zero attached hydrogens (tertiary/aromatic N) is 1. The van der Waals surface area contributed by atoms with Gasteiger partial charge in [-0.3, -0.25) is 4.79 Å². The summed E-state index contributed by atoms with van der Waals surface area (Å²) in [6, 6.07) is 11.0. The van der Waals surface area contributed by atoms with Gasteiger partial charge in [0.15, 0.2) is 0 Å². The number of carbonyl (C=O) groups is 1. The number of hydrogen-bond donors (Lipinski definition) is 1. The Morgan fingerprint density at radius 1 is 1.23 bits per heavy atom. The molecule has 0 aromatic heterocycles. The van der Waals surface area contributed by atoms with Gasteiger partial charge in [0.1, 0.15) is 0 Å². The fraction of sp³-hybridized carbons (Fsp3) is 0.632. The second-order valence-corrected chi connectivity index (χ2v) is 6.72. The summed E-state index contributed by atoms with van der Waals surface area (Å²) >= 11 is 0. The van der Waals surface area contributed by atoms with Crippen LogP contribution in [0.25, 0.3) is 0 Å². The lowest BCUT2D eigenvalue weighted by Crippen LogP contribution is -2.41. The van der Waals surface area contributed by atoms with Crippen LogP contribution >= 0.6 is 0 Å². The molecular formula is C19H30N2O. The molecule has 1 saturated heterocycles. The number of piperidine rings is 1. The van der Waals surface area contributed by atoms with Crippen molar-refractivity contribution in [2.45, 2.75) is 52.0 Å². The number of amides is 1. The lowest BCUT2D eigenvalue weighted by Gasteiger charge is -2.34. The highest BCUT2D eigenvalue weighted by Crippen LogP contribution is 2.18. The maximum Gasteiger partial charge on any atom is 0.220 e. The van der Waals surface area contributed by atoms with Crippen LogP contribution < -0.4 is 5.32 Å². The van der Waals surface area contributed by atoms with Crippen LogP contribution in [-0.2, 0) is 11.2 Å². The molecule has 3 nitrogen and oxygen atoms in total. The van der Waals surface area contributed by atoms with E-state index in [0.717, 1.165) is 19.4 Å². The van der Waals surface area contributed by atoms with Crippen LogP contribution in [0.1, 0.15) is 45.1 Å². The number of nitrogens with one attached hydrogen (secondary N) is 1. The molecule has 0 unspecified atom stereocenters. The van der Waals surface area contributed by atoms with Gasteiger partial charge in [-0.15, -0.1) is 0 Å². The molecule has 1 aromatic rings. The maximum atomic E-state index is 11.9. The number of carbonyl (C=O) groups excluding carboxylic acids is 1. The van der Waals surface area contributed by atoms with E-state index >= 15 is 0 Å². The van der Waals surface area contributed by atoms with E-state index < -0.39 is 0 Å². The summed E-state index contributed by atoms with van der Waals surface area (Å²) in [5.41, 5.74) is 1.32. The molecule has 2 rings (SSSR count). The van der Waals surface area contributed by atoms with Crippen LogP contribution in [0.4, 0.5) is 0 Å². The molecule has 1 heterocycles. The highest BCUT2D eigenvalue weighted by molar-refractivity contribution is 5.75. The van der Waals surface area contributed by atoms with Crippen LogP contribution in [0.2, 0.25) is 0 Å². The van der Waals surface area contributed by atoms with E-state index in [1.165, 1.54) is 31.5 Å². The van der Waals surface area contributed by atoms with Crippen LogP contribution in [-0.4, -0.2) is 36.5 Å². The first kappa shape index (κ1) is 17.0. The molecule has 0 aliphatic carbocycles. The zero-order valence-electron chi connectivity index (χ0n) is 14.1. The van der Waals surface area contributed by atoms with Crippen LogP contribution in [0, 0.1) is 5.92 Å². The number of hydrogen-bond acceptors (Lipinski definition) is 2. The van der Waals surface area contributed by atoms with Crippen LogP contribution in [0.3, 0.4) is 0 Å². The molecule has 3 heteroatoms. The third kappa shape index (κ3) is 5.80. The van der Waals surface area contributed by atoms with Crippen molar-refractivity contribution >= 4 is 5.91 Å². The van der Waals surface area contributed by atoms with Gasteiger partial charge in [0.05, 0.1) is 0 Å². The number of aryl methyl sites for hydroxylation is 1. The second-order valence-electron chi connectivity index (χ2n) is 6.72. The largest absolute Gasteiger partial charge is 0.356 e. The van der Waals surface area contributed by atoms with Gasteiger partial charge in [0.25, 0.3) is 0 Å². The van der Waals surface area contributed by atoms with Gasteiger partial charge in [-0.1, -0.05) is 30.3 Å². The average molecular weight is 302 g/mol. The Bertz CT molecular complexity index is 436. The topological polar surface area (TPSA) is 32.3 Å². The Morgan fingerprint density at radius 2 is 1.91 bits per heavy atom. The lowest BCUT2D eigenvalue weighted by molar-refractivity contribution is -0.121. The molecule has 1 aliphatic rings. The van der Waals surface area contributed by atoms with Gasteiger partial charge in [0.2, 0.25) is 5.91 Å². The van der Waals surface area contributed by atoms with Crippen molar-refractivity contribution in [3.05, 3.63) is 35.9 Å². The summed E-state index contributed by atoms with van der Waals surface area (Å²) in [7, 11) is 0. The molecule has 1 N–H and O–H groups in total. The van der Waals surface area contributed by atoms with Crippen LogP contribution in [0.5, 0.6) is 0 Å². The zero-order chi connectivity index (χ0) is 15.8. The summed E-state index contributed by atoms with van der Waals surface area (Å²) in [5, 5.41) is 3.13. The van der Waals surface area contributed by atoms with Gasteiger partial charge >= 0.3 is 0 Å². The normalized spacial score (nSPS) is 16.9. The first-order valence-corrected chi connectivity index (χ1v) is 8.70. The molecule has 0 radical (unpaired) electrons. The third-order valence-electron chi connectivity index (χ3n) is 4.68. The van der Waals surface area contributed by atoms with Crippen molar-refractivity contribution < 1.29 is 4.79 Å². The second kappa shape index (κ2) is 8.94. The summed E-state index contributed by atoms with van der Waals surface area (Å²) in [5.74, 6) is 0.871. The summed E-state index contributed by atoms with van der Waals surface area (Å²) in [6.07, 6.45) is 4.98. The van der Waals surface area contributed by atoms with Crippen LogP contribution in [0.15, 0.2) is 30.3 Å². The summed E-state index contributed by atoms with van der Waals surface area (Å²) in [6.45, 7) is 7.72. The van der Waals surface area contributed by atoms with Gasteiger partial charge in [-0.2, -0.15) is 0 Å². The Morgan fingerprint density at radius 3 is 2.55 bits per heavy atom. The highest BCUT2D eigenvalue weighted by Gasteiger charge is 2.20. The van der Waals surface area contributed by atoms with Crippen molar-refractivity contribution in [2.75, 3.05) is 19.6 Å². The highest BCUT2D eigenvalue weighted by atomic mass is 16.1. The molecule has 1 aromatic carbocycles. The molecule has 0 atom stereocenters. The smallest absolute Gasteiger partial charge is 0.220 e. The minimum atomic E-state index is 0.210. The van der Waals surface area contributed by atoms with E-state index in [2.05, 4.69) is 48.3 Å². The Labute approximate surface area is 135 Å². The monoisotopic (exact) mass is 302 g/mol. The molecule has 0 bridgehead atoms. The minimum absolute atomic E-state index is 0.210. The van der Waals surface area contributed by atoms with Crippen molar-refractivity contribution in [2.24, 2.45) is 5.92 Å². The molecule has 0 saturated carbocycles. The van der Waals surface area contributed by atoms with Gasteiger partial charge < -0.3 is 10.2 Å². The van der Waals surface area contributed by atoms with Crippen molar-refractivity contribution in [1.82, 2.24) is 10.2 Å². The average Bonchev–Trinajstić information content (AvgIpc) is 2.54. The van der Waals surface area contributed by atoms with E-state index in [1.807, 2.05) is 6.07 Å². The third-order valence-corrected chi connectivity index (χ3v) is 4.68. The van der Waals surface area contributed by atoms with Crippen molar-refractivity contribution in [3.8, 4) is 0 Å². The summed E-state index contributed by atoms with van der Waals surface area (Å²) in [4.78, 5) is 14.5. The number of likely N-dealkylation sites (tertiary alicyclic amines) is 1. The number of rotatable bonds is 7. The molecule has 122 valence electrons. The maximum absolute atomic E-state index is 11.9. The first-order chi connectivity index (χ1) is 10.6. The van der Waals surface area contributed by atoms with Crippen molar-refractivity contribution in [1.29, 1.82) is 0 Å². The lowest BCUT2D eigenvalue weighted by atomic mass is 9.96. The van der Waals surface area contributed by atoms with E-state index in [9.17, 15) is 4.79 Å². The molecule has 1 amide bonds. The summed E-state index contributed by atoms with van der Waals surface area (Å²) < 4.78 is 0. The molecule has 22 heavy (non-hydrogen) atoms. The fourth-order valence-electron chi connectivity index (χ4n) is 3.12. The molecule has 0 spiro atoms. The Hall–Kier alpha value is -1.35. The molecular weight excluding hydrogens is 272 g/mol. The van der Waals surface area contributed by atoms with Gasteiger partial charge in [0, 0.05) is 19.0 Å². The predicted octanol–water partition coefficient (Wildman–Crippen LogP) is 3.25. The fourth-order valence-corrected chi connectivity index (χ4v) is 3.12. The van der Waals surface area contributed by atoms with E-state index in [1.54, 1.807) is 0 Å². The Balaban J connectivity index is 1.56. The van der Waals surface area contributed by atoms with E-state index in [0.29, 0.717) is 18.4 Å². The number of benzene rings is 1. The molecule has 1 fully saturated rings. The van der Waals surface area contributed by atoms with Gasteiger partial charge in [-0.25, -0.2) is 0 Å². The van der Waals surface area contributed by atoms with Gasteiger partial charge in [-0.05, 0) is 64.1 Å². The quantitative estimate of drug-likeness (QED) is 0.838.